The third-order valence-electron chi connectivity index (χ3n) is 5.34. The molecule has 1 saturated heterocycles. The Morgan fingerprint density at radius 3 is 2.48 bits per heavy atom. The van der Waals surface area contributed by atoms with Crippen molar-refractivity contribution in [3.8, 4) is 11.5 Å². The molecule has 2 bridgehead atoms. The molecular formula is C18H17N3O6. The molecule has 1 N–H and O–H groups in total. The summed E-state index contributed by atoms with van der Waals surface area (Å²) >= 11 is 0. The number of imide groups is 1. The van der Waals surface area contributed by atoms with Crippen LogP contribution >= 0.6 is 0 Å². The minimum Gasteiger partial charge on any atom is -0.500 e. The molecular weight excluding hydrogens is 354 g/mol. The zero-order valence-electron chi connectivity index (χ0n) is 14.4. The van der Waals surface area contributed by atoms with Gasteiger partial charge in [-0.3, -0.25) is 19.7 Å². The minimum atomic E-state index is -0.741. The first-order valence-electron chi connectivity index (χ1n) is 8.66. The SMILES string of the molecule is CCOc1cc(/C=N\N2C(=O)[C@H]3[C@H](C2=O)[C@H]2C=C[C@H]3C2)cc([N+](=O)[O-])c1O. The van der Waals surface area contributed by atoms with Crippen LogP contribution < -0.4 is 4.74 Å². The molecule has 0 aromatic heterocycles. The number of benzene rings is 1. The van der Waals surface area contributed by atoms with Crippen LogP contribution in [0.5, 0.6) is 11.5 Å². The van der Waals surface area contributed by atoms with Gasteiger partial charge >= 0.3 is 5.69 Å². The number of phenolic OH excluding ortho intramolecular Hbond substituents is 1. The Morgan fingerprint density at radius 1 is 1.30 bits per heavy atom. The van der Waals surface area contributed by atoms with Gasteiger partial charge in [0.05, 0.1) is 29.6 Å². The summed E-state index contributed by atoms with van der Waals surface area (Å²) in [6.45, 7) is 1.88. The lowest BCUT2D eigenvalue weighted by Crippen LogP contribution is -2.28. The molecule has 1 aromatic carbocycles. The lowest BCUT2D eigenvalue weighted by Gasteiger charge is -2.13. The van der Waals surface area contributed by atoms with Crippen molar-refractivity contribution >= 4 is 23.7 Å². The van der Waals surface area contributed by atoms with Crippen molar-refractivity contribution < 1.29 is 24.4 Å². The van der Waals surface area contributed by atoms with Crippen LogP contribution in [0.3, 0.4) is 0 Å². The molecule has 4 atom stereocenters. The topological polar surface area (TPSA) is 122 Å². The molecule has 27 heavy (non-hydrogen) atoms. The largest absolute Gasteiger partial charge is 0.500 e. The van der Waals surface area contributed by atoms with E-state index in [1.54, 1.807) is 6.92 Å². The van der Waals surface area contributed by atoms with E-state index in [2.05, 4.69) is 5.10 Å². The van der Waals surface area contributed by atoms with Crippen LogP contribution in [0.15, 0.2) is 29.4 Å². The molecule has 9 nitrogen and oxygen atoms in total. The fraction of sp³-hybridized carbons (Fsp3) is 0.389. The number of carbonyl (C=O) groups is 2. The Balaban J connectivity index is 1.63. The van der Waals surface area contributed by atoms with Gasteiger partial charge in [-0.25, -0.2) is 0 Å². The Labute approximate surface area is 154 Å². The Kier molecular flexibility index (Phi) is 3.94. The van der Waals surface area contributed by atoms with Crippen molar-refractivity contribution in [2.75, 3.05) is 6.61 Å². The summed E-state index contributed by atoms with van der Waals surface area (Å²) in [6, 6.07) is 2.48. The maximum absolute atomic E-state index is 12.6. The number of ether oxygens (including phenoxy) is 1. The molecule has 2 aliphatic carbocycles. The highest BCUT2D eigenvalue weighted by molar-refractivity contribution is 6.06. The number of nitro benzene ring substituents is 1. The number of nitro groups is 1. The predicted molar refractivity (Wildman–Crippen MR) is 93.1 cm³/mol. The van der Waals surface area contributed by atoms with Gasteiger partial charge in [0.2, 0.25) is 5.75 Å². The number of nitrogens with zero attached hydrogens (tertiary/aromatic N) is 3. The number of amides is 2. The van der Waals surface area contributed by atoms with Crippen molar-refractivity contribution in [1.29, 1.82) is 0 Å². The van der Waals surface area contributed by atoms with Crippen molar-refractivity contribution in [3.63, 3.8) is 0 Å². The number of fused-ring (bicyclic) bond motifs is 5. The summed E-state index contributed by atoms with van der Waals surface area (Å²) in [4.78, 5) is 35.6. The standard InChI is InChI=1S/C18H17N3O6/c1-2-27-13-6-9(5-12(16(13)22)21(25)26)8-19-20-17(23)14-10-3-4-11(7-10)15(14)18(20)24/h3-6,8,10-11,14-15,22H,2,7H2,1H3/b19-8-/t10-,11-,14+,15+/m0/s1. The van der Waals surface area contributed by atoms with Gasteiger partial charge in [-0.1, -0.05) is 12.2 Å². The summed E-state index contributed by atoms with van der Waals surface area (Å²) in [5.74, 6) is -1.88. The molecule has 4 rings (SSSR count). The Hall–Kier alpha value is -3.23. The second-order valence-electron chi connectivity index (χ2n) is 6.81. The minimum absolute atomic E-state index is 0.0636. The normalized spacial score (nSPS) is 28.4. The van der Waals surface area contributed by atoms with Gasteiger partial charge in [0.25, 0.3) is 11.8 Å². The zero-order chi connectivity index (χ0) is 19.3. The summed E-state index contributed by atoms with van der Waals surface area (Å²) in [5.41, 5.74) is -0.303. The van der Waals surface area contributed by atoms with E-state index in [4.69, 9.17) is 4.74 Å². The average Bonchev–Trinajstić information content (AvgIpc) is 3.30. The van der Waals surface area contributed by atoms with E-state index in [-0.39, 0.29) is 53.4 Å². The fourth-order valence-corrected chi connectivity index (χ4v) is 4.22. The summed E-state index contributed by atoms with van der Waals surface area (Å²) < 4.78 is 5.21. The van der Waals surface area contributed by atoms with Crippen LogP contribution in [0.4, 0.5) is 5.69 Å². The van der Waals surface area contributed by atoms with Crippen molar-refractivity contribution in [2.24, 2.45) is 28.8 Å². The number of rotatable bonds is 5. The summed E-state index contributed by atoms with van der Waals surface area (Å²) in [7, 11) is 0. The number of aromatic hydroxyl groups is 1. The van der Waals surface area contributed by atoms with Gasteiger partial charge in [0, 0.05) is 11.6 Å². The van der Waals surface area contributed by atoms with Crippen molar-refractivity contribution in [1.82, 2.24) is 5.01 Å². The van der Waals surface area contributed by atoms with Gasteiger partial charge in [0.1, 0.15) is 0 Å². The molecule has 2 fully saturated rings. The number of hydrazone groups is 1. The smallest absolute Gasteiger partial charge is 0.315 e. The van der Waals surface area contributed by atoms with E-state index < -0.39 is 16.4 Å². The monoisotopic (exact) mass is 371 g/mol. The molecule has 0 unspecified atom stereocenters. The van der Waals surface area contributed by atoms with Gasteiger partial charge < -0.3 is 9.84 Å². The van der Waals surface area contributed by atoms with E-state index in [0.29, 0.717) is 0 Å². The van der Waals surface area contributed by atoms with Crippen molar-refractivity contribution in [3.05, 3.63) is 40.0 Å². The maximum atomic E-state index is 12.6. The van der Waals surface area contributed by atoms with Crippen molar-refractivity contribution in [2.45, 2.75) is 13.3 Å². The maximum Gasteiger partial charge on any atom is 0.315 e. The van der Waals surface area contributed by atoms with Crippen LogP contribution in [0.2, 0.25) is 0 Å². The average molecular weight is 371 g/mol. The van der Waals surface area contributed by atoms with Gasteiger partial charge in [-0.2, -0.15) is 10.1 Å². The molecule has 1 heterocycles. The number of allylic oxidation sites excluding steroid dienone is 2. The third-order valence-corrected chi connectivity index (χ3v) is 5.34. The first kappa shape index (κ1) is 17.2. The van der Waals surface area contributed by atoms with E-state index in [1.165, 1.54) is 12.3 Å². The molecule has 9 heteroatoms. The van der Waals surface area contributed by atoms with E-state index in [1.807, 2.05) is 12.2 Å². The molecule has 0 radical (unpaired) electrons. The fourth-order valence-electron chi connectivity index (χ4n) is 4.22. The first-order valence-corrected chi connectivity index (χ1v) is 8.66. The van der Waals surface area contributed by atoms with E-state index >= 15 is 0 Å². The second kappa shape index (κ2) is 6.19. The zero-order valence-corrected chi connectivity index (χ0v) is 14.4. The summed E-state index contributed by atoms with van der Waals surface area (Å²) in [6.07, 6.45) is 6.00. The molecule has 3 aliphatic rings. The Bertz CT molecular complexity index is 879. The molecule has 140 valence electrons. The highest BCUT2D eigenvalue weighted by Crippen LogP contribution is 2.52. The Morgan fingerprint density at radius 2 is 1.93 bits per heavy atom. The van der Waals surface area contributed by atoms with Gasteiger partial charge in [-0.05, 0) is 31.2 Å². The van der Waals surface area contributed by atoms with E-state index in [9.17, 15) is 24.8 Å². The number of phenols is 1. The lowest BCUT2D eigenvalue weighted by atomic mass is 9.85. The number of carbonyl (C=O) groups excluding carboxylic acids is 2. The highest BCUT2D eigenvalue weighted by atomic mass is 16.6. The first-order chi connectivity index (χ1) is 12.9. The molecule has 1 saturated carbocycles. The lowest BCUT2D eigenvalue weighted by molar-refractivity contribution is -0.386. The number of hydrogen-bond donors (Lipinski definition) is 1. The quantitative estimate of drug-likeness (QED) is 0.277. The molecule has 0 spiro atoms. The second-order valence-corrected chi connectivity index (χ2v) is 6.81. The number of hydrogen-bond acceptors (Lipinski definition) is 7. The van der Waals surface area contributed by atoms with Gasteiger partial charge in [-0.15, -0.1) is 0 Å². The van der Waals surface area contributed by atoms with Gasteiger partial charge in [0.15, 0.2) is 5.75 Å². The molecule has 1 aliphatic heterocycles. The van der Waals surface area contributed by atoms with Crippen LogP contribution in [0.1, 0.15) is 18.9 Å². The highest BCUT2D eigenvalue weighted by Gasteiger charge is 2.59. The van der Waals surface area contributed by atoms with Crippen LogP contribution in [-0.2, 0) is 9.59 Å². The summed E-state index contributed by atoms with van der Waals surface area (Å²) in [5, 5.41) is 25.9. The van der Waals surface area contributed by atoms with Crippen LogP contribution in [0, 0.1) is 33.8 Å². The van der Waals surface area contributed by atoms with E-state index in [0.717, 1.165) is 17.5 Å². The third kappa shape index (κ3) is 2.57. The molecule has 1 aromatic rings. The van der Waals surface area contributed by atoms with Crippen LogP contribution in [-0.4, -0.2) is 39.7 Å². The molecule has 2 amide bonds. The van der Waals surface area contributed by atoms with Crippen LogP contribution in [0.25, 0.3) is 0 Å². The predicted octanol–water partition coefficient (Wildman–Crippen LogP) is 1.84.